The molecule has 35 heavy (non-hydrogen) atoms. The molecule has 12 heteroatoms. The number of hydrogen-bond donors (Lipinski definition) is 2. The predicted molar refractivity (Wildman–Crippen MR) is 132 cm³/mol. The number of ether oxygens (including phenoxy) is 1. The van der Waals surface area contributed by atoms with Crippen LogP contribution in [0.1, 0.15) is 37.2 Å². The number of primary amides is 1. The average Bonchev–Trinajstić information content (AvgIpc) is 3.49. The van der Waals surface area contributed by atoms with Crippen LogP contribution in [0.5, 0.6) is 0 Å². The Kier molecular flexibility index (Phi) is 5.63. The second kappa shape index (κ2) is 8.70. The van der Waals surface area contributed by atoms with E-state index in [2.05, 4.69) is 26.3 Å². The number of hydrogen-bond acceptors (Lipinski definition) is 9. The number of rotatable bonds is 6. The standard InChI is InChI=1S/C23H26ClN7O3S/c24-16-8-26-19(27-9-16)13-6-14-10-31(11-15(14)7-13)22-28-17-2-5-35(33)18(17)20(29-22)30-23(3-1-4-23)12-34-21(25)32/h6,8-9,14-15H,1-5,7,10-12H2,(H2,25,32)(H,28,29,30)/t14-,15+,35+/m0/s1. The molecule has 3 N–H and O–H groups in total. The van der Waals surface area contributed by atoms with Crippen molar-refractivity contribution in [1.29, 1.82) is 0 Å². The van der Waals surface area contributed by atoms with Gasteiger partial charge in [-0.05, 0) is 43.1 Å². The van der Waals surface area contributed by atoms with Gasteiger partial charge in [0.2, 0.25) is 5.95 Å². The number of carbonyl (C=O) groups is 1. The number of nitrogens with two attached hydrogens (primary N) is 1. The maximum atomic E-state index is 12.8. The molecule has 4 aliphatic rings. The Morgan fingerprint density at radius 2 is 2.09 bits per heavy atom. The third-order valence-corrected chi connectivity index (χ3v) is 9.09. The lowest BCUT2D eigenvalue weighted by molar-refractivity contribution is 0.101. The van der Waals surface area contributed by atoms with E-state index >= 15 is 0 Å². The summed E-state index contributed by atoms with van der Waals surface area (Å²) in [4.78, 5) is 32.5. The van der Waals surface area contributed by atoms with Gasteiger partial charge in [-0.2, -0.15) is 4.98 Å². The molecule has 6 rings (SSSR count). The third kappa shape index (κ3) is 4.24. The zero-order valence-electron chi connectivity index (χ0n) is 19.1. The van der Waals surface area contributed by atoms with E-state index in [1.165, 1.54) is 0 Å². The third-order valence-electron chi connectivity index (χ3n) is 7.44. The van der Waals surface area contributed by atoms with Crippen LogP contribution in [0.3, 0.4) is 0 Å². The van der Waals surface area contributed by atoms with Crippen molar-refractivity contribution in [3.8, 4) is 0 Å². The molecule has 2 aliphatic heterocycles. The molecule has 2 aromatic heterocycles. The lowest BCUT2D eigenvalue weighted by atomic mass is 9.77. The molecule has 0 radical (unpaired) electrons. The Hall–Kier alpha value is -2.79. The summed E-state index contributed by atoms with van der Waals surface area (Å²) in [7, 11) is -1.15. The number of nitrogens with one attached hydrogen (secondary N) is 1. The van der Waals surface area contributed by atoms with Gasteiger partial charge in [0.05, 0.1) is 27.1 Å². The van der Waals surface area contributed by atoms with Crippen LogP contribution in [-0.4, -0.2) is 61.2 Å². The summed E-state index contributed by atoms with van der Waals surface area (Å²) >= 11 is 5.93. The number of amides is 1. The number of anilines is 2. The zero-order valence-corrected chi connectivity index (χ0v) is 20.6. The number of halogens is 1. The van der Waals surface area contributed by atoms with Gasteiger partial charge in [0.25, 0.3) is 0 Å². The Bertz CT molecular complexity index is 1230. The van der Waals surface area contributed by atoms with Crippen LogP contribution in [-0.2, 0) is 22.0 Å². The van der Waals surface area contributed by atoms with E-state index in [4.69, 9.17) is 32.0 Å². The number of aromatic nitrogens is 4. The minimum Gasteiger partial charge on any atom is -0.447 e. The van der Waals surface area contributed by atoms with Crippen molar-refractivity contribution in [3.63, 3.8) is 0 Å². The summed E-state index contributed by atoms with van der Waals surface area (Å²) in [6, 6.07) is 0. The first-order valence-corrected chi connectivity index (χ1v) is 13.5. The van der Waals surface area contributed by atoms with Crippen LogP contribution < -0.4 is 16.0 Å². The average molecular weight is 516 g/mol. The van der Waals surface area contributed by atoms with Crippen molar-refractivity contribution in [2.24, 2.45) is 17.6 Å². The van der Waals surface area contributed by atoms with Gasteiger partial charge >= 0.3 is 6.09 Å². The number of aryl methyl sites for hydroxylation is 1. The lowest BCUT2D eigenvalue weighted by Gasteiger charge is -2.42. The smallest absolute Gasteiger partial charge is 0.404 e. The maximum absolute atomic E-state index is 12.8. The SMILES string of the molecule is NC(=O)OCC1(Nc2nc(N3C[C@H]4CC(c5ncc(Cl)cn5)=C[C@H]4C3)nc3c2[S@](=O)CC3)CCC1. The van der Waals surface area contributed by atoms with Crippen LogP contribution in [0.25, 0.3) is 5.57 Å². The highest BCUT2D eigenvalue weighted by atomic mass is 35.5. The Labute approximate surface area is 210 Å². The highest BCUT2D eigenvalue weighted by Crippen LogP contribution is 2.43. The fourth-order valence-corrected chi connectivity index (χ4v) is 6.90. The molecule has 1 amide bonds. The molecule has 0 unspecified atom stereocenters. The first kappa shape index (κ1) is 22.7. The van der Waals surface area contributed by atoms with E-state index in [1.807, 2.05) is 0 Å². The van der Waals surface area contributed by atoms with Crippen LogP contribution in [0.15, 0.2) is 23.4 Å². The van der Waals surface area contributed by atoms with E-state index in [1.54, 1.807) is 12.4 Å². The second-order valence-electron chi connectivity index (χ2n) is 9.76. The second-order valence-corrected chi connectivity index (χ2v) is 11.7. The summed E-state index contributed by atoms with van der Waals surface area (Å²) in [6.07, 6.45) is 8.96. The summed E-state index contributed by atoms with van der Waals surface area (Å²) in [5.74, 6) is 3.34. The van der Waals surface area contributed by atoms with Gasteiger partial charge < -0.3 is 20.7 Å². The predicted octanol–water partition coefficient (Wildman–Crippen LogP) is 2.55. The van der Waals surface area contributed by atoms with Crippen molar-refractivity contribution < 1.29 is 13.7 Å². The highest BCUT2D eigenvalue weighted by Gasteiger charge is 2.42. The molecule has 0 bridgehead atoms. The molecule has 0 aromatic carbocycles. The molecule has 184 valence electrons. The van der Waals surface area contributed by atoms with E-state index in [0.717, 1.165) is 55.9 Å². The summed E-state index contributed by atoms with van der Waals surface area (Å²) in [6.45, 7) is 1.80. The van der Waals surface area contributed by atoms with Crippen molar-refractivity contribution in [2.45, 2.75) is 42.5 Å². The first-order valence-electron chi connectivity index (χ1n) is 11.8. The molecule has 4 heterocycles. The Morgan fingerprint density at radius 3 is 2.77 bits per heavy atom. The molecule has 3 atom stereocenters. The van der Waals surface area contributed by atoms with Crippen molar-refractivity contribution >= 4 is 45.8 Å². The van der Waals surface area contributed by atoms with E-state index in [-0.39, 0.29) is 6.61 Å². The molecule has 2 aromatic rings. The fraction of sp³-hybridized carbons (Fsp3) is 0.522. The normalized spacial score (nSPS) is 26.0. The van der Waals surface area contributed by atoms with Crippen molar-refractivity contribution in [1.82, 2.24) is 19.9 Å². The largest absolute Gasteiger partial charge is 0.447 e. The summed E-state index contributed by atoms with van der Waals surface area (Å²) in [5, 5.41) is 4.01. The van der Waals surface area contributed by atoms with Crippen molar-refractivity contribution in [2.75, 3.05) is 35.7 Å². The number of fused-ring (bicyclic) bond motifs is 2. The quantitative estimate of drug-likeness (QED) is 0.594. The molecule has 2 fully saturated rings. The van der Waals surface area contributed by atoms with Gasteiger partial charge in [-0.3, -0.25) is 4.21 Å². The minimum atomic E-state index is -1.15. The van der Waals surface area contributed by atoms with Gasteiger partial charge in [-0.1, -0.05) is 17.7 Å². The van der Waals surface area contributed by atoms with Crippen LogP contribution in [0, 0.1) is 11.8 Å². The summed E-state index contributed by atoms with van der Waals surface area (Å²) in [5.41, 5.74) is 6.76. The topological polar surface area (TPSA) is 136 Å². The fourth-order valence-electron chi connectivity index (χ4n) is 5.50. The molecule has 2 aliphatic carbocycles. The maximum Gasteiger partial charge on any atom is 0.404 e. The van der Waals surface area contributed by atoms with Crippen LogP contribution >= 0.6 is 11.6 Å². The Balaban J connectivity index is 1.24. The number of carbonyl (C=O) groups excluding carboxylic acids is 1. The minimum absolute atomic E-state index is 0.164. The van der Waals surface area contributed by atoms with E-state index in [0.29, 0.717) is 45.7 Å². The monoisotopic (exact) mass is 515 g/mol. The van der Waals surface area contributed by atoms with Crippen LogP contribution in [0.4, 0.5) is 16.6 Å². The molecule has 1 saturated carbocycles. The summed E-state index contributed by atoms with van der Waals surface area (Å²) < 4.78 is 17.9. The van der Waals surface area contributed by atoms with Crippen molar-refractivity contribution in [3.05, 3.63) is 35.0 Å². The van der Waals surface area contributed by atoms with Crippen LogP contribution in [0.2, 0.25) is 5.02 Å². The van der Waals surface area contributed by atoms with Gasteiger partial charge in [-0.25, -0.2) is 19.7 Å². The number of allylic oxidation sites excluding steroid dienone is 1. The Morgan fingerprint density at radius 1 is 1.29 bits per heavy atom. The van der Waals surface area contributed by atoms with Gasteiger partial charge in [0.1, 0.15) is 17.3 Å². The van der Waals surface area contributed by atoms with E-state index in [9.17, 15) is 9.00 Å². The van der Waals surface area contributed by atoms with Gasteiger partial charge in [-0.15, -0.1) is 0 Å². The lowest BCUT2D eigenvalue weighted by Crippen LogP contribution is -2.50. The van der Waals surface area contributed by atoms with Gasteiger partial charge in [0.15, 0.2) is 5.82 Å². The van der Waals surface area contributed by atoms with E-state index < -0.39 is 22.4 Å². The first-order chi connectivity index (χ1) is 16.9. The zero-order chi connectivity index (χ0) is 24.2. The van der Waals surface area contributed by atoms with Gasteiger partial charge in [0, 0.05) is 37.7 Å². The number of nitrogens with zero attached hydrogens (tertiary/aromatic N) is 5. The highest BCUT2D eigenvalue weighted by molar-refractivity contribution is 7.85. The molecule has 0 spiro atoms. The molecular formula is C23H26ClN7O3S. The molecule has 1 saturated heterocycles. The molecular weight excluding hydrogens is 490 g/mol. The molecule has 10 nitrogen and oxygen atoms in total.